The standard InChI is InChI=1S/C23H31N5O3/c1-23(2)14-26(7-6-25(23)3)12-17-4-5-19-18-8-16(11-28(19)21(17)29)10-27(13-18)22(30)20-9-24-15-31-20/h4-5,9,15-16,18H,6-8,10-14H2,1-3H3/t16-,18+/m0/s1. The number of carbonyl (C=O) groups is 1. The number of hydrogen-bond donors (Lipinski definition) is 0. The summed E-state index contributed by atoms with van der Waals surface area (Å²) < 4.78 is 7.18. The van der Waals surface area contributed by atoms with Crippen LogP contribution in [0.25, 0.3) is 0 Å². The molecule has 2 atom stereocenters. The van der Waals surface area contributed by atoms with Crippen molar-refractivity contribution in [3.63, 3.8) is 0 Å². The minimum absolute atomic E-state index is 0.110. The zero-order valence-corrected chi connectivity index (χ0v) is 18.6. The lowest BCUT2D eigenvalue weighted by atomic mass is 9.83. The van der Waals surface area contributed by atoms with Gasteiger partial charge in [-0.3, -0.25) is 19.4 Å². The number of piperazine rings is 1. The second kappa shape index (κ2) is 7.60. The molecule has 0 aliphatic carbocycles. The number of pyridine rings is 1. The summed E-state index contributed by atoms with van der Waals surface area (Å²) in [6.07, 6.45) is 3.78. The quantitative estimate of drug-likeness (QED) is 0.744. The molecule has 5 rings (SSSR count). The molecule has 2 aromatic heterocycles. The van der Waals surface area contributed by atoms with Crippen LogP contribution >= 0.6 is 0 Å². The third-order valence-electron chi connectivity index (χ3n) is 7.40. The predicted octanol–water partition coefficient (Wildman–Crippen LogP) is 1.62. The summed E-state index contributed by atoms with van der Waals surface area (Å²) >= 11 is 0. The summed E-state index contributed by atoms with van der Waals surface area (Å²) in [6.45, 7) is 10.1. The van der Waals surface area contributed by atoms with Crippen molar-refractivity contribution in [2.24, 2.45) is 5.92 Å². The summed E-state index contributed by atoms with van der Waals surface area (Å²) in [5, 5.41) is 0. The molecule has 166 valence electrons. The Kier molecular flexibility index (Phi) is 5.01. The summed E-state index contributed by atoms with van der Waals surface area (Å²) in [7, 11) is 2.17. The minimum Gasteiger partial charge on any atom is -0.438 e. The molecule has 0 saturated carbocycles. The predicted molar refractivity (Wildman–Crippen MR) is 116 cm³/mol. The molecule has 0 N–H and O–H groups in total. The first-order chi connectivity index (χ1) is 14.8. The van der Waals surface area contributed by atoms with Gasteiger partial charge in [0, 0.05) is 68.5 Å². The van der Waals surface area contributed by atoms with Crippen LogP contribution in [0, 0.1) is 5.92 Å². The van der Waals surface area contributed by atoms with E-state index in [2.05, 4.69) is 41.7 Å². The first-order valence-corrected chi connectivity index (χ1v) is 11.2. The van der Waals surface area contributed by atoms with Crippen molar-refractivity contribution in [3.05, 3.63) is 52.1 Å². The molecule has 3 aliphatic rings. The first kappa shape index (κ1) is 20.5. The maximum absolute atomic E-state index is 13.4. The van der Waals surface area contributed by atoms with E-state index >= 15 is 0 Å². The Bertz CT molecular complexity index is 1030. The highest BCUT2D eigenvalue weighted by atomic mass is 16.3. The Morgan fingerprint density at radius 2 is 2.06 bits per heavy atom. The van der Waals surface area contributed by atoms with Crippen molar-refractivity contribution >= 4 is 5.91 Å². The molecule has 2 saturated heterocycles. The fraction of sp³-hybridized carbons (Fsp3) is 0.609. The van der Waals surface area contributed by atoms with E-state index in [0.29, 0.717) is 26.2 Å². The van der Waals surface area contributed by atoms with E-state index in [9.17, 15) is 9.59 Å². The summed E-state index contributed by atoms with van der Waals surface area (Å²) in [5.74, 6) is 0.637. The van der Waals surface area contributed by atoms with E-state index in [4.69, 9.17) is 4.42 Å². The molecule has 31 heavy (non-hydrogen) atoms. The van der Waals surface area contributed by atoms with Crippen LogP contribution in [0.4, 0.5) is 0 Å². The first-order valence-electron chi connectivity index (χ1n) is 11.2. The van der Waals surface area contributed by atoms with Gasteiger partial charge in [0.2, 0.25) is 5.76 Å². The van der Waals surface area contributed by atoms with Gasteiger partial charge in [-0.05, 0) is 39.3 Å². The molecule has 0 unspecified atom stereocenters. The molecule has 2 fully saturated rings. The number of hydrogen-bond acceptors (Lipinski definition) is 6. The largest absolute Gasteiger partial charge is 0.438 e. The van der Waals surface area contributed by atoms with Gasteiger partial charge in [-0.2, -0.15) is 0 Å². The van der Waals surface area contributed by atoms with Crippen LogP contribution < -0.4 is 5.56 Å². The average Bonchev–Trinajstić information content (AvgIpc) is 3.27. The van der Waals surface area contributed by atoms with Crippen LogP contribution in [0.2, 0.25) is 0 Å². The molecular formula is C23H31N5O3. The number of likely N-dealkylation sites (N-methyl/N-ethyl adjacent to an activating group) is 1. The Hall–Kier alpha value is -2.45. The van der Waals surface area contributed by atoms with Crippen LogP contribution in [0.5, 0.6) is 0 Å². The van der Waals surface area contributed by atoms with Gasteiger partial charge in [0.15, 0.2) is 6.39 Å². The van der Waals surface area contributed by atoms with Crippen LogP contribution in [0.15, 0.2) is 33.9 Å². The molecule has 0 aromatic carbocycles. The van der Waals surface area contributed by atoms with E-state index in [-0.39, 0.29) is 34.6 Å². The van der Waals surface area contributed by atoms with E-state index in [1.807, 2.05) is 15.5 Å². The van der Waals surface area contributed by atoms with Gasteiger partial charge in [0.05, 0.1) is 6.20 Å². The van der Waals surface area contributed by atoms with Crippen LogP contribution in [-0.4, -0.2) is 75.5 Å². The number of amides is 1. The number of aromatic nitrogens is 2. The molecule has 2 aromatic rings. The third kappa shape index (κ3) is 3.72. The van der Waals surface area contributed by atoms with Crippen molar-refractivity contribution < 1.29 is 9.21 Å². The topological polar surface area (TPSA) is 74.8 Å². The van der Waals surface area contributed by atoms with E-state index in [1.54, 1.807) is 0 Å². The summed E-state index contributed by atoms with van der Waals surface area (Å²) in [6, 6.07) is 4.12. The fourth-order valence-electron chi connectivity index (χ4n) is 5.47. The Labute approximate surface area is 182 Å². The Morgan fingerprint density at radius 1 is 1.23 bits per heavy atom. The van der Waals surface area contributed by atoms with Crippen molar-refractivity contribution in [1.82, 2.24) is 24.3 Å². The second-order valence-corrected chi connectivity index (χ2v) is 10.0. The van der Waals surface area contributed by atoms with E-state index < -0.39 is 0 Å². The SMILES string of the molecule is CN1CCN(Cc2ccc3n(c2=O)C[C@H]2C[C@@H]3CN(C(=O)c3cnco3)C2)CC1(C)C. The third-order valence-corrected chi connectivity index (χ3v) is 7.40. The van der Waals surface area contributed by atoms with Crippen molar-refractivity contribution in [3.8, 4) is 0 Å². The highest BCUT2D eigenvalue weighted by Gasteiger charge is 2.38. The number of carbonyl (C=O) groups excluding carboxylic acids is 1. The van der Waals surface area contributed by atoms with E-state index in [0.717, 1.165) is 37.3 Å². The van der Waals surface area contributed by atoms with Crippen molar-refractivity contribution in [1.29, 1.82) is 0 Å². The number of oxazole rings is 1. The number of piperidine rings is 1. The minimum atomic E-state index is -0.114. The van der Waals surface area contributed by atoms with Gasteiger partial charge in [-0.25, -0.2) is 4.98 Å². The molecular weight excluding hydrogens is 394 g/mol. The number of fused-ring (bicyclic) bond motifs is 4. The van der Waals surface area contributed by atoms with Gasteiger partial charge >= 0.3 is 0 Å². The Morgan fingerprint density at radius 3 is 2.81 bits per heavy atom. The number of rotatable bonds is 3. The van der Waals surface area contributed by atoms with Crippen LogP contribution in [-0.2, 0) is 13.1 Å². The highest BCUT2D eigenvalue weighted by molar-refractivity contribution is 5.91. The van der Waals surface area contributed by atoms with Crippen molar-refractivity contribution in [2.45, 2.75) is 44.8 Å². The molecule has 0 radical (unpaired) electrons. The smallest absolute Gasteiger partial charge is 0.291 e. The van der Waals surface area contributed by atoms with Gasteiger partial charge in [-0.1, -0.05) is 6.07 Å². The molecule has 2 bridgehead atoms. The summed E-state index contributed by atoms with van der Waals surface area (Å²) in [4.78, 5) is 36.6. The van der Waals surface area contributed by atoms with Gasteiger partial charge in [0.25, 0.3) is 11.5 Å². The molecule has 0 spiro atoms. The van der Waals surface area contributed by atoms with E-state index in [1.165, 1.54) is 12.6 Å². The number of likely N-dealkylation sites (tertiary alicyclic amines) is 1. The molecule has 1 amide bonds. The molecule has 8 heteroatoms. The van der Waals surface area contributed by atoms with Gasteiger partial charge in [-0.15, -0.1) is 0 Å². The highest BCUT2D eigenvalue weighted by Crippen LogP contribution is 2.35. The molecule has 5 heterocycles. The maximum atomic E-state index is 13.4. The van der Waals surface area contributed by atoms with Crippen LogP contribution in [0.3, 0.4) is 0 Å². The van der Waals surface area contributed by atoms with Gasteiger partial charge in [0.1, 0.15) is 0 Å². The lowest BCUT2D eigenvalue weighted by Crippen LogP contribution is -2.57. The van der Waals surface area contributed by atoms with Crippen LogP contribution in [0.1, 0.15) is 48.0 Å². The van der Waals surface area contributed by atoms with Gasteiger partial charge < -0.3 is 13.9 Å². The normalized spacial score (nSPS) is 26.0. The zero-order valence-electron chi connectivity index (χ0n) is 18.6. The lowest BCUT2D eigenvalue weighted by molar-refractivity contribution is 0.0356. The second-order valence-electron chi connectivity index (χ2n) is 10.0. The van der Waals surface area contributed by atoms with Crippen molar-refractivity contribution in [2.75, 3.05) is 39.8 Å². The zero-order chi connectivity index (χ0) is 21.8. The number of nitrogens with zero attached hydrogens (tertiary/aromatic N) is 5. The fourth-order valence-corrected chi connectivity index (χ4v) is 5.47. The summed E-state index contributed by atoms with van der Waals surface area (Å²) in [5.41, 5.74) is 2.18. The maximum Gasteiger partial charge on any atom is 0.291 e. The monoisotopic (exact) mass is 425 g/mol. The lowest BCUT2D eigenvalue weighted by Gasteiger charge is -2.45. The average molecular weight is 426 g/mol. The molecule has 3 aliphatic heterocycles. The Balaban J connectivity index is 1.35. The molecule has 8 nitrogen and oxygen atoms in total.